The molecule has 0 unspecified atom stereocenters. The molecule has 0 fully saturated rings. The van der Waals surface area contributed by atoms with Gasteiger partial charge in [0.2, 0.25) is 0 Å². The van der Waals surface area contributed by atoms with Crippen LogP contribution >= 0.6 is 0 Å². The van der Waals surface area contributed by atoms with Gasteiger partial charge in [-0.25, -0.2) is 9.59 Å². The largest absolute Gasteiger partial charge is 0.480 e. The molecule has 1 atom stereocenters. The Bertz CT molecular complexity index is 310. The molecule has 0 radical (unpaired) electrons. The number of carboxylic acids is 1. The lowest BCUT2D eigenvalue weighted by atomic mass is 9.80. The van der Waals surface area contributed by atoms with Crippen molar-refractivity contribution in [3.63, 3.8) is 0 Å². The van der Waals surface area contributed by atoms with Crippen molar-refractivity contribution in [2.24, 2.45) is 17.8 Å². The Morgan fingerprint density at radius 2 is 1.47 bits per heavy atom. The van der Waals surface area contributed by atoms with Crippen LogP contribution in [0.4, 0.5) is 4.79 Å². The maximum Gasteiger partial charge on any atom is 0.408 e. The molecule has 0 rings (SSSR count). The molecule has 0 aliphatic carbocycles. The molecule has 5 heteroatoms. The smallest absolute Gasteiger partial charge is 0.408 e. The van der Waals surface area contributed by atoms with Crippen LogP contribution < -0.4 is 5.32 Å². The Morgan fingerprint density at radius 1 is 1.05 bits per heavy atom. The van der Waals surface area contributed by atoms with Gasteiger partial charge >= 0.3 is 12.1 Å². The molecule has 0 saturated carbocycles. The Morgan fingerprint density at radius 3 is 1.74 bits per heavy atom. The van der Waals surface area contributed by atoms with Crippen molar-refractivity contribution in [2.45, 2.75) is 60.1 Å². The third-order valence-electron chi connectivity index (χ3n) is 2.86. The van der Waals surface area contributed by atoms with Crippen molar-refractivity contribution < 1.29 is 19.4 Å². The van der Waals surface area contributed by atoms with E-state index in [0.717, 1.165) is 0 Å². The Kier molecular flexibility index (Phi) is 6.33. The zero-order valence-electron chi connectivity index (χ0n) is 13.0. The topological polar surface area (TPSA) is 75.6 Å². The van der Waals surface area contributed by atoms with Gasteiger partial charge in [-0.2, -0.15) is 0 Å². The lowest BCUT2D eigenvalue weighted by Crippen LogP contribution is -2.50. The molecular weight excluding hydrogens is 246 g/mol. The van der Waals surface area contributed by atoms with Gasteiger partial charge in [0.25, 0.3) is 0 Å². The molecule has 1 amide bonds. The highest BCUT2D eigenvalue weighted by Gasteiger charge is 2.35. The summed E-state index contributed by atoms with van der Waals surface area (Å²) >= 11 is 0. The van der Waals surface area contributed by atoms with Crippen LogP contribution in [-0.2, 0) is 9.53 Å². The number of carbonyl (C=O) groups is 2. The minimum absolute atomic E-state index is 0.148. The van der Waals surface area contributed by atoms with E-state index in [-0.39, 0.29) is 17.8 Å². The van der Waals surface area contributed by atoms with Crippen LogP contribution in [0.25, 0.3) is 0 Å². The van der Waals surface area contributed by atoms with Crippen LogP contribution in [0, 0.1) is 17.8 Å². The number of rotatable bonds is 5. The molecule has 112 valence electrons. The predicted molar refractivity (Wildman–Crippen MR) is 74.0 cm³/mol. The van der Waals surface area contributed by atoms with Gasteiger partial charge in [0, 0.05) is 0 Å². The maximum absolute atomic E-state index is 11.7. The molecule has 0 heterocycles. The van der Waals surface area contributed by atoms with Crippen LogP contribution in [-0.4, -0.2) is 28.8 Å². The van der Waals surface area contributed by atoms with Gasteiger partial charge in [0.1, 0.15) is 11.6 Å². The molecule has 0 aliphatic heterocycles. The van der Waals surface area contributed by atoms with Gasteiger partial charge in [-0.05, 0) is 38.5 Å². The standard InChI is InChI=1S/C14H27NO4/c1-8(2)10(9(3)4)11(12(16)17)15-13(18)19-14(5,6)7/h8-11H,1-7H3,(H,15,18)(H,16,17)/t11-/m0/s1. The van der Waals surface area contributed by atoms with Crippen LogP contribution in [0.15, 0.2) is 0 Å². The fourth-order valence-electron chi connectivity index (χ4n) is 2.30. The number of hydrogen-bond acceptors (Lipinski definition) is 3. The summed E-state index contributed by atoms with van der Waals surface area (Å²) in [6.45, 7) is 13.0. The fourth-order valence-corrected chi connectivity index (χ4v) is 2.30. The van der Waals surface area contributed by atoms with Gasteiger partial charge in [-0.15, -0.1) is 0 Å². The molecule has 0 aromatic carbocycles. The second-order valence-electron chi connectivity index (χ2n) is 6.53. The van der Waals surface area contributed by atoms with E-state index in [2.05, 4.69) is 5.32 Å². The zero-order chi connectivity index (χ0) is 15.4. The third-order valence-corrected chi connectivity index (χ3v) is 2.86. The molecule has 19 heavy (non-hydrogen) atoms. The minimum Gasteiger partial charge on any atom is -0.480 e. The molecule has 0 aromatic rings. The lowest BCUT2D eigenvalue weighted by molar-refractivity contribution is -0.142. The normalized spacial score (nSPS) is 13.8. The first-order valence-electron chi connectivity index (χ1n) is 6.68. The van der Waals surface area contributed by atoms with Crippen LogP contribution in [0.2, 0.25) is 0 Å². The molecule has 0 aromatic heterocycles. The van der Waals surface area contributed by atoms with Gasteiger partial charge in [0.15, 0.2) is 0 Å². The van der Waals surface area contributed by atoms with Crippen molar-refractivity contribution >= 4 is 12.1 Å². The summed E-state index contributed by atoms with van der Waals surface area (Å²) in [6.07, 6.45) is -0.689. The number of amides is 1. The van der Waals surface area contributed by atoms with Crippen molar-refractivity contribution in [3.8, 4) is 0 Å². The van der Waals surface area contributed by atoms with E-state index in [1.54, 1.807) is 20.8 Å². The molecule has 0 spiro atoms. The Hall–Kier alpha value is -1.26. The fraction of sp³-hybridized carbons (Fsp3) is 0.857. The highest BCUT2D eigenvalue weighted by atomic mass is 16.6. The highest BCUT2D eigenvalue weighted by Crippen LogP contribution is 2.25. The average Bonchev–Trinajstić information content (AvgIpc) is 2.11. The van der Waals surface area contributed by atoms with Crippen molar-refractivity contribution in [1.29, 1.82) is 0 Å². The summed E-state index contributed by atoms with van der Waals surface area (Å²) in [5, 5.41) is 11.8. The average molecular weight is 273 g/mol. The van der Waals surface area contributed by atoms with Crippen LogP contribution in [0.1, 0.15) is 48.5 Å². The zero-order valence-corrected chi connectivity index (χ0v) is 13.0. The Labute approximate surface area is 115 Å². The van der Waals surface area contributed by atoms with Crippen molar-refractivity contribution in [3.05, 3.63) is 0 Å². The van der Waals surface area contributed by atoms with Crippen LogP contribution in [0.3, 0.4) is 0 Å². The van der Waals surface area contributed by atoms with Gasteiger partial charge in [-0.1, -0.05) is 27.7 Å². The van der Waals surface area contributed by atoms with Crippen molar-refractivity contribution in [2.75, 3.05) is 0 Å². The number of carbonyl (C=O) groups excluding carboxylic acids is 1. The van der Waals surface area contributed by atoms with E-state index in [0.29, 0.717) is 0 Å². The molecule has 5 nitrogen and oxygen atoms in total. The van der Waals surface area contributed by atoms with Gasteiger partial charge in [-0.3, -0.25) is 0 Å². The number of aliphatic carboxylic acids is 1. The van der Waals surface area contributed by atoms with E-state index in [9.17, 15) is 14.7 Å². The summed E-state index contributed by atoms with van der Waals surface area (Å²) in [5.41, 5.74) is -0.641. The first kappa shape index (κ1) is 17.7. The van der Waals surface area contributed by atoms with E-state index in [4.69, 9.17) is 4.74 Å². The van der Waals surface area contributed by atoms with Gasteiger partial charge in [0.05, 0.1) is 0 Å². The highest BCUT2D eigenvalue weighted by molar-refractivity contribution is 5.80. The Balaban J connectivity index is 4.93. The first-order valence-corrected chi connectivity index (χ1v) is 6.68. The second-order valence-corrected chi connectivity index (χ2v) is 6.53. The van der Waals surface area contributed by atoms with E-state index < -0.39 is 23.7 Å². The number of nitrogens with one attached hydrogen (secondary N) is 1. The van der Waals surface area contributed by atoms with E-state index in [1.807, 2.05) is 27.7 Å². The number of hydrogen-bond donors (Lipinski definition) is 2. The summed E-state index contributed by atoms with van der Waals surface area (Å²) in [4.78, 5) is 23.1. The number of carboxylic acid groups (broad SMARTS) is 1. The quantitative estimate of drug-likeness (QED) is 0.807. The van der Waals surface area contributed by atoms with Gasteiger partial charge < -0.3 is 15.2 Å². The minimum atomic E-state index is -1.03. The molecule has 0 aliphatic rings. The number of ether oxygens (including phenoxy) is 1. The summed E-state index contributed by atoms with van der Waals surface area (Å²) < 4.78 is 5.11. The molecule has 0 bridgehead atoms. The van der Waals surface area contributed by atoms with E-state index in [1.165, 1.54) is 0 Å². The molecular formula is C14H27NO4. The summed E-state index contributed by atoms with van der Waals surface area (Å²) in [6, 6.07) is -0.935. The van der Waals surface area contributed by atoms with Crippen LogP contribution in [0.5, 0.6) is 0 Å². The summed E-state index contributed by atoms with van der Waals surface area (Å²) in [5.74, 6) is -0.879. The molecule has 2 N–H and O–H groups in total. The monoisotopic (exact) mass is 273 g/mol. The molecule has 0 saturated heterocycles. The number of alkyl carbamates (subject to hydrolysis) is 1. The second kappa shape index (κ2) is 6.78. The van der Waals surface area contributed by atoms with Crippen molar-refractivity contribution in [1.82, 2.24) is 5.32 Å². The lowest BCUT2D eigenvalue weighted by Gasteiger charge is -2.31. The predicted octanol–water partition coefficient (Wildman–Crippen LogP) is 2.89. The maximum atomic E-state index is 11.7. The summed E-state index contributed by atoms with van der Waals surface area (Å²) in [7, 11) is 0. The first-order chi connectivity index (χ1) is 8.45. The SMILES string of the molecule is CC(C)C(C(C)C)[C@H](NC(=O)OC(C)(C)C)C(=O)O. The van der Waals surface area contributed by atoms with E-state index >= 15 is 0 Å². The third kappa shape index (κ3) is 6.45.